The number of carboxylic acids is 1. The number of fused-ring (bicyclic) bond motifs is 1. The first kappa shape index (κ1) is 14.3. The molecule has 3 atom stereocenters. The SMILES string of the molecule is O=C(O)c1csc(CNC(=O)N2CC3CCC(O)C3C2)n1. The van der Waals surface area contributed by atoms with Crippen LogP contribution in [0.3, 0.4) is 0 Å². The number of carbonyl (C=O) groups is 2. The minimum Gasteiger partial charge on any atom is -0.476 e. The van der Waals surface area contributed by atoms with Crippen molar-refractivity contribution in [1.82, 2.24) is 15.2 Å². The molecule has 1 aliphatic heterocycles. The average Bonchev–Trinajstić information content (AvgIpc) is 3.13. The van der Waals surface area contributed by atoms with E-state index in [0.29, 0.717) is 24.0 Å². The van der Waals surface area contributed by atoms with E-state index in [4.69, 9.17) is 5.11 Å². The normalized spacial score (nSPS) is 27.7. The van der Waals surface area contributed by atoms with Crippen molar-refractivity contribution < 1.29 is 19.8 Å². The summed E-state index contributed by atoms with van der Waals surface area (Å²) in [6.45, 7) is 1.51. The molecule has 2 fully saturated rings. The highest BCUT2D eigenvalue weighted by Crippen LogP contribution is 2.37. The van der Waals surface area contributed by atoms with Crippen LogP contribution in [-0.2, 0) is 6.54 Å². The molecule has 0 bridgehead atoms. The van der Waals surface area contributed by atoms with Crippen LogP contribution in [0.2, 0.25) is 0 Å². The van der Waals surface area contributed by atoms with Crippen LogP contribution in [0, 0.1) is 11.8 Å². The summed E-state index contributed by atoms with van der Waals surface area (Å²) in [7, 11) is 0. The summed E-state index contributed by atoms with van der Waals surface area (Å²) in [4.78, 5) is 28.5. The number of aliphatic hydroxyl groups is 1. The van der Waals surface area contributed by atoms with Crippen molar-refractivity contribution in [2.45, 2.75) is 25.5 Å². The topological polar surface area (TPSA) is 103 Å². The van der Waals surface area contributed by atoms with Crippen LogP contribution in [0.25, 0.3) is 0 Å². The smallest absolute Gasteiger partial charge is 0.355 e. The summed E-state index contributed by atoms with van der Waals surface area (Å²) in [5.41, 5.74) is 0.00285. The zero-order valence-electron chi connectivity index (χ0n) is 11.4. The summed E-state index contributed by atoms with van der Waals surface area (Å²) < 4.78 is 0. The molecule has 1 aromatic rings. The Morgan fingerprint density at radius 1 is 1.43 bits per heavy atom. The van der Waals surface area contributed by atoms with Gasteiger partial charge in [0, 0.05) is 24.4 Å². The number of aliphatic hydroxyl groups excluding tert-OH is 1. The van der Waals surface area contributed by atoms with Crippen LogP contribution in [0.1, 0.15) is 28.3 Å². The number of nitrogens with zero attached hydrogens (tertiary/aromatic N) is 2. The van der Waals surface area contributed by atoms with Gasteiger partial charge in [-0.15, -0.1) is 11.3 Å². The quantitative estimate of drug-likeness (QED) is 0.764. The second-order valence-corrected chi connectivity index (χ2v) is 6.51. The number of aromatic nitrogens is 1. The van der Waals surface area contributed by atoms with Crippen molar-refractivity contribution in [3.63, 3.8) is 0 Å². The van der Waals surface area contributed by atoms with Gasteiger partial charge in [0.05, 0.1) is 12.6 Å². The molecule has 1 aliphatic carbocycles. The van der Waals surface area contributed by atoms with Gasteiger partial charge in [-0.1, -0.05) is 0 Å². The van der Waals surface area contributed by atoms with Crippen LogP contribution in [0.15, 0.2) is 5.38 Å². The molecule has 2 amide bonds. The molecule has 114 valence electrons. The van der Waals surface area contributed by atoms with E-state index in [0.717, 1.165) is 12.8 Å². The number of carboxylic acid groups (broad SMARTS) is 1. The Bertz CT molecular complexity index is 561. The largest absolute Gasteiger partial charge is 0.476 e. The van der Waals surface area contributed by atoms with Crippen molar-refractivity contribution >= 4 is 23.3 Å². The maximum atomic E-state index is 12.1. The zero-order chi connectivity index (χ0) is 15.0. The molecule has 2 aliphatic rings. The van der Waals surface area contributed by atoms with E-state index in [2.05, 4.69) is 10.3 Å². The molecule has 1 saturated heterocycles. The summed E-state index contributed by atoms with van der Waals surface area (Å²) >= 11 is 1.21. The lowest BCUT2D eigenvalue weighted by Gasteiger charge is -2.18. The molecule has 3 unspecified atom stereocenters. The summed E-state index contributed by atoms with van der Waals surface area (Å²) in [6, 6.07) is -0.177. The maximum absolute atomic E-state index is 12.1. The van der Waals surface area contributed by atoms with Gasteiger partial charge in [0.2, 0.25) is 0 Å². The van der Waals surface area contributed by atoms with Crippen LogP contribution in [-0.4, -0.2) is 51.3 Å². The fraction of sp³-hybridized carbons (Fsp3) is 0.615. The average molecular weight is 311 g/mol. The number of amides is 2. The number of carbonyl (C=O) groups excluding carboxylic acids is 1. The lowest BCUT2D eigenvalue weighted by molar-refractivity contribution is 0.0691. The molecule has 0 aromatic carbocycles. The molecule has 21 heavy (non-hydrogen) atoms. The number of aromatic carboxylic acids is 1. The number of rotatable bonds is 3. The molecular formula is C13H17N3O4S. The third kappa shape index (κ3) is 2.86. The molecule has 0 radical (unpaired) electrons. The third-order valence-electron chi connectivity index (χ3n) is 4.27. The predicted octanol–water partition coefficient (Wildman–Crippen LogP) is 0.754. The molecule has 1 aromatic heterocycles. The number of hydrogen-bond acceptors (Lipinski definition) is 5. The fourth-order valence-electron chi connectivity index (χ4n) is 3.16. The molecule has 3 rings (SSSR count). The van der Waals surface area contributed by atoms with E-state index in [1.165, 1.54) is 16.7 Å². The summed E-state index contributed by atoms with van der Waals surface area (Å²) in [6.07, 6.45) is 1.52. The second kappa shape index (κ2) is 5.61. The molecule has 8 heteroatoms. The van der Waals surface area contributed by atoms with Gasteiger partial charge in [0.15, 0.2) is 5.69 Å². The number of nitrogens with one attached hydrogen (secondary N) is 1. The van der Waals surface area contributed by atoms with Crippen LogP contribution < -0.4 is 5.32 Å². The number of likely N-dealkylation sites (tertiary alicyclic amines) is 1. The van der Waals surface area contributed by atoms with Gasteiger partial charge in [-0.2, -0.15) is 0 Å². The Labute approximate surface area is 125 Å². The Morgan fingerprint density at radius 3 is 2.90 bits per heavy atom. The van der Waals surface area contributed by atoms with Crippen molar-refractivity contribution in [2.24, 2.45) is 11.8 Å². The molecule has 2 heterocycles. The Morgan fingerprint density at radius 2 is 2.24 bits per heavy atom. The van der Waals surface area contributed by atoms with Gasteiger partial charge in [-0.25, -0.2) is 14.6 Å². The molecular weight excluding hydrogens is 294 g/mol. The fourth-order valence-corrected chi connectivity index (χ4v) is 3.86. The van der Waals surface area contributed by atoms with Crippen LogP contribution in [0.4, 0.5) is 4.79 Å². The minimum atomic E-state index is -1.06. The van der Waals surface area contributed by atoms with E-state index < -0.39 is 5.97 Å². The summed E-state index contributed by atoms with van der Waals surface area (Å²) in [5, 5.41) is 23.4. The lowest BCUT2D eigenvalue weighted by atomic mass is 10.00. The maximum Gasteiger partial charge on any atom is 0.355 e. The van der Waals surface area contributed by atoms with Crippen molar-refractivity contribution in [1.29, 1.82) is 0 Å². The third-order valence-corrected chi connectivity index (χ3v) is 5.12. The summed E-state index contributed by atoms with van der Waals surface area (Å²) in [5.74, 6) is -0.455. The Balaban J connectivity index is 1.51. The first-order valence-corrected chi connectivity index (χ1v) is 7.81. The molecule has 0 spiro atoms. The zero-order valence-corrected chi connectivity index (χ0v) is 12.2. The first-order valence-electron chi connectivity index (χ1n) is 6.93. The highest BCUT2D eigenvalue weighted by Gasteiger charge is 2.43. The van der Waals surface area contributed by atoms with Gasteiger partial charge in [0.1, 0.15) is 5.01 Å². The lowest BCUT2D eigenvalue weighted by Crippen LogP contribution is -2.39. The van der Waals surface area contributed by atoms with Crippen molar-refractivity contribution in [3.05, 3.63) is 16.1 Å². The highest BCUT2D eigenvalue weighted by atomic mass is 32.1. The van der Waals surface area contributed by atoms with Gasteiger partial charge >= 0.3 is 12.0 Å². The van der Waals surface area contributed by atoms with Crippen molar-refractivity contribution in [2.75, 3.05) is 13.1 Å². The van der Waals surface area contributed by atoms with E-state index in [1.807, 2.05) is 0 Å². The van der Waals surface area contributed by atoms with E-state index in [1.54, 1.807) is 4.90 Å². The second-order valence-electron chi connectivity index (χ2n) is 5.56. The molecule has 1 saturated carbocycles. The highest BCUT2D eigenvalue weighted by molar-refractivity contribution is 7.09. The van der Waals surface area contributed by atoms with Gasteiger partial charge in [-0.3, -0.25) is 0 Å². The van der Waals surface area contributed by atoms with E-state index in [-0.39, 0.29) is 30.3 Å². The number of thiazole rings is 1. The van der Waals surface area contributed by atoms with Gasteiger partial charge < -0.3 is 20.4 Å². The molecule has 3 N–H and O–H groups in total. The predicted molar refractivity (Wildman–Crippen MR) is 75.1 cm³/mol. The number of hydrogen-bond donors (Lipinski definition) is 3. The first-order chi connectivity index (χ1) is 10.0. The van der Waals surface area contributed by atoms with E-state index >= 15 is 0 Å². The minimum absolute atomic E-state index is 0.00285. The van der Waals surface area contributed by atoms with E-state index in [9.17, 15) is 14.7 Å². The van der Waals surface area contributed by atoms with Gasteiger partial charge in [-0.05, 0) is 18.8 Å². The monoisotopic (exact) mass is 311 g/mol. The van der Waals surface area contributed by atoms with Crippen LogP contribution in [0.5, 0.6) is 0 Å². The van der Waals surface area contributed by atoms with Crippen molar-refractivity contribution in [3.8, 4) is 0 Å². The van der Waals surface area contributed by atoms with Crippen LogP contribution >= 0.6 is 11.3 Å². The number of urea groups is 1. The Kier molecular flexibility index (Phi) is 3.81. The standard InChI is InChI=1S/C13H17N3O4S/c17-10-2-1-7-4-16(5-8(7)10)13(20)14-3-11-15-9(6-21-11)12(18)19/h6-8,10,17H,1-5H2,(H,14,20)(H,18,19). The molecule has 7 nitrogen and oxygen atoms in total. The van der Waals surface area contributed by atoms with Gasteiger partial charge in [0.25, 0.3) is 0 Å². The Hall–Kier alpha value is -1.67.